The molecule has 0 fully saturated rings. The van der Waals surface area contributed by atoms with Crippen LogP contribution in [0.15, 0.2) is 45.5 Å². The quantitative estimate of drug-likeness (QED) is 0.639. The van der Waals surface area contributed by atoms with E-state index in [-0.39, 0.29) is 35.2 Å². The SMILES string of the molecule is COc1c(O)c(C(C)=O)c(OCc2ccc(Br)cc2)c2ccoc12. The Morgan fingerprint density at radius 3 is 2.54 bits per heavy atom. The van der Waals surface area contributed by atoms with Gasteiger partial charge in [0.15, 0.2) is 17.1 Å². The number of methoxy groups -OCH3 is 1. The molecule has 1 heterocycles. The van der Waals surface area contributed by atoms with E-state index in [1.165, 1.54) is 20.3 Å². The number of hydrogen-bond acceptors (Lipinski definition) is 5. The van der Waals surface area contributed by atoms with Crippen molar-refractivity contribution in [2.24, 2.45) is 0 Å². The molecule has 1 N–H and O–H groups in total. The van der Waals surface area contributed by atoms with E-state index >= 15 is 0 Å². The molecule has 0 bridgehead atoms. The second-order valence-corrected chi connectivity index (χ2v) is 6.14. The number of rotatable bonds is 5. The average Bonchev–Trinajstić information content (AvgIpc) is 3.02. The summed E-state index contributed by atoms with van der Waals surface area (Å²) in [5.74, 6) is -0.193. The molecule has 2 aromatic carbocycles. The molecule has 3 rings (SSSR count). The van der Waals surface area contributed by atoms with E-state index in [0.717, 1.165) is 10.0 Å². The number of hydrogen-bond donors (Lipinski definition) is 1. The van der Waals surface area contributed by atoms with Crippen LogP contribution in [0.1, 0.15) is 22.8 Å². The molecule has 24 heavy (non-hydrogen) atoms. The molecule has 5 nitrogen and oxygen atoms in total. The number of aromatic hydroxyl groups is 1. The predicted molar refractivity (Wildman–Crippen MR) is 92.9 cm³/mol. The summed E-state index contributed by atoms with van der Waals surface area (Å²) in [5.41, 5.74) is 1.35. The van der Waals surface area contributed by atoms with Crippen LogP contribution in [0, 0.1) is 0 Å². The summed E-state index contributed by atoms with van der Waals surface area (Å²) in [6, 6.07) is 9.31. The first-order chi connectivity index (χ1) is 11.5. The normalized spacial score (nSPS) is 10.8. The molecule has 0 amide bonds. The standard InChI is InChI=1S/C18H15BrO5/c1-10(20)14-15(21)18(22-2)17-13(7-8-23-17)16(14)24-9-11-3-5-12(19)6-4-11/h3-8,21H,9H2,1-2H3. The third kappa shape index (κ3) is 2.85. The Hall–Kier alpha value is -2.47. The van der Waals surface area contributed by atoms with Crippen molar-refractivity contribution < 1.29 is 23.8 Å². The van der Waals surface area contributed by atoms with Crippen LogP contribution in [0.5, 0.6) is 17.2 Å². The molecular weight excluding hydrogens is 376 g/mol. The first kappa shape index (κ1) is 16.4. The van der Waals surface area contributed by atoms with Crippen molar-refractivity contribution in [3.8, 4) is 17.2 Å². The van der Waals surface area contributed by atoms with Gasteiger partial charge in [-0.05, 0) is 30.7 Å². The van der Waals surface area contributed by atoms with Crippen molar-refractivity contribution in [1.29, 1.82) is 0 Å². The third-order valence-corrected chi connectivity index (χ3v) is 4.18. The highest BCUT2D eigenvalue weighted by Crippen LogP contribution is 2.46. The molecule has 0 aliphatic carbocycles. The fourth-order valence-corrected chi connectivity index (χ4v) is 2.79. The van der Waals surface area contributed by atoms with Gasteiger partial charge in [0.05, 0.1) is 18.8 Å². The Bertz CT molecular complexity index is 896. The van der Waals surface area contributed by atoms with Gasteiger partial charge < -0.3 is 19.0 Å². The number of phenolic OH excluding ortho intramolecular Hbond substituents is 1. The number of fused-ring (bicyclic) bond motifs is 1. The van der Waals surface area contributed by atoms with E-state index in [1.54, 1.807) is 6.07 Å². The molecule has 0 spiro atoms. The van der Waals surface area contributed by atoms with E-state index in [4.69, 9.17) is 13.9 Å². The van der Waals surface area contributed by atoms with E-state index in [2.05, 4.69) is 15.9 Å². The van der Waals surface area contributed by atoms with Crippen LogP contribution in [0.25, 0.3) is 11.0 Å². The summed E-state index contributed by atoms with van der Waals surface area (Å²) in [4.78, 5) is 12.0. The number of carbonyl (C=O) groups is 1. The zero-order valence-electron chi connectivity index (χ0n) is 13.1. The Balaban J connectivity index is 2.08. The molecule has 0 unspecified atom stereocenters. The van der Waals surface area contributed by atoms with E-state index in [9.17, 15) is 9.90 Å². The van der Waals surface area contributed by atoms with Gasteiger partial charge in [0.1, 0.15) is 17.9 Å². The highest BCUT2D eigenvalue weighted by atomic mass is 79.9. The fourth-order valence-electron chi connectivity index (χ4n) is 2.53. The lowest BCUT2D eigenvalue weighted by Gasteiger charge is -2.15. The molecule has 0 aliphatic heterocycles. The van der Waals surface area contributed by atoms with Crippen molar-refractivity contribution >= 4 is 32.7 Å². The van der Waals surface area contributed by atoms with Crippen molar-refractivity contribution in [2.45, 2.75) is 13.5 Å². The topological polar surface area (TPSA) is 68.9 Å². The minimum atomic E-state index is -0.320. The zero-order valence-corrected chi connectivity index (χ0v) is 14.7. The second-order valence-electron chi connectivity index (χ2n) is 5.22. The number of halogens is 1. The van der Waals surface area contributed by atoms with Gasteiger partial charge in [-0.15, -0.1) is 0 Å². The molecule has 0 saturated carbocycles. The van der Waals surface area contributed by atoms with Crippen LogP contribution in [0.2, 0.25) is 0 Å². The number of benzene rings is 2. The minimum absolute atomic E-state index is 0.0814. The molecule has 0 atom stereocenters. The lowest BCUT2D eigenvalue weighted by molar-refractivity contribution is 0.101. The van der Waals surface area contributed by atoms with Gasteiger partial charge >= 0.3 is 0 Å². The van der Waals surface area contributed by atoms with Crippen molar-refractivity contribution in [1.82, 2.24) is 0 Å². The molecule has 124 valence electrons. The van der Waals surface area contributed by atoms with Crippen LogP contribution in [-0.4, -0.2) is 18.0 Å². The molecule has 0 saturated heterocycles. The van der Waals surface area contributed by atoms with Crippen molar-refractivity contribution in [2.75, 3.05) is 7.11 Å². The number of phenols is 1. The largest absolute Gasteiger partial charge is 0.504 e. The Morgan fingerprint density at radius 2 is 1.92 bits per heavy atom. The van der Waals surface area contributed by atoms with Gasteiger partial charge in [0.2, 0.25) is 5.75 Å². The Kier molecular flexibility index (Phi) is 4.49. The van der Waals surface area contributed by atoms with Gasteiger partial charge in [-0.3, -0.25) is 4.79 Å². The van der Waals surface area contributed by atoms with E-state index in [1.807, 2.05) is 24.3 Å². The summed E-state index contributed by atoms with van der Waals surface area (Å²) in [6.07, 6.45) is 1.46. The van der Waals surface area contributed by atoms with Crippen LogP contribution in [0.4, 0.5) is 0 Å². The summed E-state index contributed by atoms with van der Waals surface area (Å²) in [7, 11) is 1.41. The van der Waals surface area contributed by atoms with Gasteiger partial charge in [-0.1, -0.05) is 28.1 Å². The third-order valence-electron chi connectivity index (χ3n) is 3.65. The minimum Gasteiger partial charge on any atom is -0.504 e. The Morgan fingerprint density at radius 1 is 1.21 bits per heavy atom. The molecular formula is C18H15BrO5. The molecule has 3 aromatic rings. The first-order valence-electron chi connectivity index (χ1n) is 7.21. The zero-order chi connectivity index (χ0) is 17.3. The summed E-state index contributed by atoms with van der Waals surface area (Å²) in [6.45, 7) is 1.62. The average molecular weight is 391 g/mol. The number of Topliss-reactive ketones (excluding diaryl/α,β-unsaturated/α-hetero) is 1. The monoisotopic (exact) mass is 390 g/mol. The maximum absolute atomic E-state index is 12.0. The number of ketones is 1. The number of ether oxygens (including phenoxy) is 2. The maximum Gasteiger partial charge on any atom is 0.205 e. The van der Waals surface area contributed by atoms with Crippen LogP contribution in [0.3, 0.4) is 0 Å². The summed E-state index contributed by atoms with van der Waals surface area (Å²) < 4.78 is 17.4. The van der Waals surface area contributed by atoms with Gasteiger partial charge in [-0.25, -0.2) is 0 Å². The molecule has 0 aliphatic rings. The fraction of sp³-hybridized carbons (Fsp3) is 0.167. The Labute approximate surface area is 146 Å². The molecule has 0 radical (unpaired) electrons. The summed E-state index contributed by atoms with van der Waals surface area (Å²) in [5, 5.41) is 11.0. The van der Waals surface area contributed by atoms with Gasteiger partial charge in [0, 0.05) is 4.47 Å². The smallest absolute Gasteiger partial charge is 0.205 e. The van der Waals surface area contributed by atoms with Crippen LogP contribution in [-0.2, 0) is 6.61 Å². The predicted octanol–water partition coefficient (Wildman–Crippen LogP) is 4.69. The van der Waals surface area contributed by atoms with Crippen molar-refractivity contribution in [3.63, 3.8) is 0 Å². The van der Waals surface area contributed by atoms with Crippen LogP contribution >= 0.6 is 15.9 Å². The van der Waals surface area contributed by atoms with Gasteiger partial charge in [-0.2, -0.15) is 0 Å². The maximum atomic E-state index is 12.0. The van der Waals surface area contributed by atoms with Crippen LogP contribution < -0.4 is 9.47 Å². The number of carbonyl (C=O) groups excluding carboxylic acids is 1. The summed E-state index contributed by atoms with van der Waals surface area (Å²) >= 11 is 3.38. The first-order valence-corrected chi connectivity index (χ1v) is 8.00. The van der Waals surface area contributed by atoms with E-state index in [0.29, 0.717) is 11.0 Å². The highest BCUT2D eigenvalue weighted by Gasteiger charge is 2.25. The van der Waals surface area contributed by atoms with Gasteiger partial charge in [0.25, 0.3) is 0 Å². The van der Waals surface area contributed by atoms with E-state index < -0.39 is 0 Å². The van der Waals surface area contributed by atoms with Crippen molar-refractivity contribution in [3.05, 3.63) is 52.2 Å². The second kappa shape index (κ2) is 6.57. The lowest BCUT2D eigenvalue weighted by atomic mass is 10.0. The lowest BCUT2D eigenvalue weighted by Crippen LogP contribution is -2.04. The highest BCUT2D eigenvalue weighted by molar-refractivity contribution is 9.10. The number of furan rings is 1. The molecule has 1 aromatic heterocycles. The molecule has 6 heteroatoms.